The Labute approximate surface area is 133 Å². The second-order valence-electron chi connectivity index (χ2n) is 5.59. The first kappa shape index (κ1) is 17.2. The first-order valence-corrected chi connectivity index (χ1v) is 7.56. The third-order valence-electron chi connectivity index (χ3n) is 2.67. The van der Waals surface area contributed by atoms with E-state index in [0.717, 1.165) is 10.9 Å². The van der Waals surface area contributed by atoms with E-state index >= 15 is 0 Å². The average Bonchev–Trinajstić information content (AvgIpc) is 2.36. The lowest BCUT2D eigenvalue weighted by Gasteiger charge is -2.26. The van der Waals surface area contributed by atoms with Gasteiger partial charge in [0.1, 0.15) is 5.82 Å². The van der Waals surface area contributed by atoms with Gasteiger partial charge in [-0.2, -0.15) is 4.98 Å². The zero-order valence-electron chi connectivity index (χ0n) is 12.2. The maximum Gasteiger partial charge on any atom is 0.227 e. The third kappa shape index (κ3) is 5.25. The number of hydrogen-bond donors (Lipinski definition) is 1. The minimum Gasteiger partial charge on any atom is -0.369 e. The molecule has 1 aromatic heterocycles. The molecule has 0 atom stereocenters. The number of halogens is 2. The van der Waals surface area contributed by atoms with E-state index in [0.29, 0.717) is 18.9 Å². The van der Waals surface area contributed by atoms with Gasteiger partial charge in [0.25, 0.3) is 0 Å². The Morgan fingerprint density at radius 3 is 2.75 bits per heavy atom. The van der Waals surface area contributed by atoms with Crippen LogP contribution in [0.2, 0.25) is 5.28 Å². The minimum atomic E-state index is -0.342. The third-order valence-corrected chi connectivity index (χ3v) is 3.43. The molecule has 1 amide bonds. The molecule has 20 heavy (non-hydrogen) atoms. The molecule has 0 bridgehead atoms. The number of nitrogens with one attached hydrogen (secondary N) is 1. The summed E-state index contributed by atoms with van der Waals surface area (Å²) in [4.78, 5) is 21.7. The molecule has 0 fully saturated rings. The zero-order valence-corrected chi connectivity index (χ0v) is 14.5. The molecule has 112 valence electrons. The van der Waals surface area contributed by atoms with Crippen LogP contribution >= 0.6 is 27.5 Å². The van der Waals surface area contributed by atoms with Crippen LogP contribution in [0, 0.1) is 5.41 Å². The summed E-state index contributed by atoms with van der Waals surface area (Å²) in [5.41, 5.74) is -0.342. The van der Waals surface area contributed by atoms with Gasteiger partial charge in [0.15, 0.2) is 0 Å². The summed E-state index contributed by atoms with van der Waals surface area (Å²) >= 11 is 9.09. The number of amides is 1. The number of rotatable bonds is 5. The molecule has 0 aliphatic rings. The largest absolute Gasteiger partial charge is 0.369 e. The molecular weight excluding hydrogens is 344 g/mol. The Morgan fingerprint density at radius 1 is 1.50 bits per heavy atom. The molecule has 0 aromatic carbocycles. The highest BCUT2D eigenvalue weighted by molar-refractivity contribution is 9.10. The molecule has 0 aliphatic carbocycles. The van der Waals surface area contributed by atoms with E-state index in [2.05, 4.69) is 31.2 Å². The summed E-state index contributed by atoms with van der Waals surface area (Å²) in [6.45, 7) is 7.16. The number of aromatic nitrogens is 2. The molecule has 1 rings (SSSR count). The highest BCUT2D eigenvalue weighted by Gasteiger charge is 2.24. The van der Waals surface area contributed by atoms with E-state index in [4.69, 9.17) is 11.6 Å². The molecule has 1 N–H and O–H groups in total. The van der Waals surface area contributed by atoms with Crippen molar-refractivity contribution in [3.05, 3.63) is 16.0 Å². The van der Waals surface area contributed by atoms with Crippen LogP contribution in [0.15, 0.2) is 10.7 Å². The highest BCUT2D eigenvalue weighted by Crippen LogP contribution is 2.20. The van der Waals surface area contributed by atoms with Crippen molar-refractivity contribution in [3.63, 3.8) is 0 Å². The number of carbonyl (C=O) groups excluding carboxylic acids is 1. The fraction of sp³-hybridized carbons (Fsp3) is 0.615. The molecule has 0 spiro atoms. The van der Waals surface area contributed by atoms with Gasteiger partial charge in [0.2, 0.25) is 11.2 Å². The smallest absolute Gasteiger partial charge is 0.227 e. The Bertz CT molecular complexity index is 476. The second kappa shape index (κ2) is 7.22. The van der Waals surface area contributed by atoms with E-state index < -0.39 is 0 Å². The van der Waals surface area contributed by atoms with Crippen molar-refractivity contribution in [3.8, 4) is 0 Å². The molecular formula is C13H20BrClN4O. The summed E-state index contributed by atoms with van der Waals surface area (Å²) in [5, 5.41) is 3.37. The average molecular weight is 364 g/mol. The predicted octanol–water partition coefficient (Wildman–Crippen LogP) is 3.20. The summed E-state index contributed by atoms with van der Waals surface area (Å²) in [6.07, 6.45) is 2.43. The van der Waals surface area contributed by atoms with Gasteiger partial charge in [0.05, 0.1) is 4.47 Å². The molecule has 7 heteroatoms. The highest BCUT2D eigenvalue weighted by atomic mass is 79.9. The maximum absolute atomic E-state index is 12.0. The van der Waals surface area contributed by atoms with Crippen molar-refractivity contribution in [2.75, 3.05) is 25.5 Å². The van der Waals surface area contributed by atoms with Gasteiger partial charge in [-0.3, -0.25) is 4.79 Å². The molecule has 0 saturated carbocycles. The van der Waals surface area contributed by atoms with E-state index in [1.807, 2.05) is 27.8 Å². The molecule has 0 aliphatic heterocycles. The maximum atomic E-state index is 12.0. The lowest BCUT2D eigenvalue weighted by molar-refractivity contribution is -0.138. The van der Waals surface area contributed by atoms with E-state index in [1.54, 1.807) is 11.1 Å². The van der Waals surface area contributed by atoms with Crippen LogP contribution in [-0.4, -0.2) is 40.9 Å². The predicted molar refractivity (Wildman–Crippen MR) is 84.9 cm³/mol. The van der Waals surface area contributed by atoms with Gasteiger partial charge in [-0.25, -0.2) is 4.98 Å². The van der Waals surface area contributed by atoms with Crippen LogP contribution in [-0.2, 0) is 4.79 Å². The van der Waals surface area contributed by atoms with Gasteiger partial charge >= 0.3 is 0 Å². The quantitative estimate of drug-likeness (QED) is 0.645. The van der Waals surface area contributed by atoms with Crippen LogP contribution in [0.1, 0.15) is 27.2 Å². The normalized spacial score (nSPS) is 11.3. The monoisotopic (exact) mass is 362 g/mol. The van der Waals surface area contributed by atoms with Crippen LogP contribution in [0.3, 0.4) is 0 Å². The van der Waals surface area contributed by atoms with Crippen molar-refractivity contribution in [1.82, 2.24) is 14.9 Å². The summed E-state index contributed by atoms with van der Waals surface area (Å²) < 4.78 is 0.765. The topological polar surface area (TPSA) is 58.1 Å². The van der Waals surface area contributed by atoms with Crippen molar-refractivity contribution in [2.45, 2.75) is 27.2 Å². The summed E-state index contributed by atoms with van der Waals surface area (Å²) in [7, 11) is 1.82. The van der Waals surface area contributed by atoms with Gasteiger partial charge in [-0.1, -0.05) is 20.8 Å². The number of hydrogen-bond acceptors (Lipinski definition) is 4. The van der Waals surface area contributed by atoms with Crippen molar-refractivity contribution >= 4 is 39.3 Å². The molecule has 0 unspecified atom stereocenters. The Kier molecular flexibility index (Phi) is 6.20. The van der Waals surface area contributed by atoms with Gasteiger partial charge < -0.3 is 10.2 Å². The Hall–Kier alpha value is -0.880. The molecule has 1 aromatic rings. The summed E-state index contributed by atoms with van der Waals surface area (Å²) in [6, 6.07) is 0. The van der Waals surface area contributed by atoms with Crippen LogP contribution < -0.4 is 5.32 Å². The van der Waals surface area contributed by atoms with Crippen LogP contribution in [0.4, 0.5) is 5.82 Å². The fourth-order valence-corrected chi connectivity index (χ4v) is 2.13. The first-order valence-electron chi connectivity index (χ1n) is 6.39. The second-order valence-corrected chi connectivity index (χ2v) is 6.79. The fourth-order valence-electron chi connectivity index (χ4n) is 1.67. The Balaban J connectivity index is 2.39. The molecule has 0 saturated heterocycles. The molecule has 0 radical (unpaired) electrons. The zero-order chi connectivity index (χ0) is 15.3. The van der Waals surface area contributed by atoms with Crippen LogP contribution in [0.5, 0.6) is 0 Å². The van der Waals surface area contributed by atoms with Crippen LogP contribution in [0.25, 0.3) is 0 Å². The van der Waals surface area contributed by atoms with Gasteiger partial charge in [0, 0.05) is 31.7 Å². The van der Waals surface area contributed by atoms with Crippen molar-refractivity contribution < 1.29 is 4.79 Å². The van der Waals surface area contributed by atoms with E-state index in [9.17, 15) is 4.79 Å². The Morgan fingerprint density at radius 2 is 2.15 bits per heavy atom. The van der Waals surface area contributed by atoms with Gasteiger partial charge in [-0.15, -0.1) is 0 Å². The molecule has 1 heterocycles. The van der Waals surface area contributed by atoms with E-state index in [1.165, 1.54) is 0 Å². The van der Waals surface area contributed by atoms with Crippen molar-refractivity contribution in [1.29, 1.82) is 0 Å². The standard InChI is InChI=1S/C13H20BrClN4O/c1-13(2,3)11(20)19(4)7-5-6-16-10-9(14)8-17-12(15)18-10/h8H,5-7H2,1-4H3,(H,16,17,18). The number of anilines is 1. The SMILES string of the molecule is CN(CCCNc1nc(Cl)ncc1Br)C(=O)C(C)(C)C. The van der Waals surface area contributed by atoms with Gasteiger partial charge in [-0.05, 0) is 34.0 Å². The number of nitrogens with zero attached hydrogens (tertiary/aromatic N) is 3. The first-order chi connectivity index (χ1) is 9.21. The lowest BCUT2D eigenvalue weighted by Crippen LogP contribution is -2.37. The molecule has 5 nitrogen and oxygen atoms in total. The number of carbonyl (C=O) groups is 1. The van der Waals surface area contributed by atoms with Crippen molar-refractivity contribution in [2.24, 2.45) is 5.41 Å². The summed E-state index contributed by atoms with van der Waals surface area (Å²) in [5.74, 6) is 0.804. The minimum absolute atomic E-state index is 0.142. The van der Waals surface area contributed by atoms with E-state index in [-0.39, 0.29) is 16.6 Å². The lowest BCUT2D eigenvalue weighted by atomic mass is 9.95.